The number of hydrogen-bond acceptors (Lipinski definition) is 3. The van der Waals surface area contributed by atoms with Gasteiger partial charge >= 0.3 is 0 Å². The Morgan fingerprint density at radius 2 is 2.29 bits per heavy atom. The fraction of sp³-hybridized carbons (Fsp3) is 0.769. The molecule has 1 saturated carbocycles. The number of ketones is 1. The summed E-state index contributed by atoms with van der Waals surface area (Å²) in [6.45, 7) is 6.30. The molecule has 1 aliphatic carbocycles. The lowest BCUT2D eigenvalue weighted by Crippen LogP contribution is -2.21. The Bertz CT molecular complexity index is 397. The molecule has 2 unspecified atom stereocenters. The van der Waals surface area contributed by atoms with Crippen LogP contribution in [-0.2, 0) is 11.2 Å². The molecule has 1 aliphatic rings. The maximum Gasteiger partial charge on any atom is 0.143 e. The summed E-state index contributed by atoms with van der Waals surface area (Å²) in [5.41, 5.74) is 0. The second-order valence-electron chi connectivity index (χ2n) is 5.37. The van der Waals surface area contributed by atoms with Gasteiger partial charge in [-0.2, -0.15) is 5.10 Å². The van der Waals surface area contributed by atoms with Crippen molar-refractivity contribution in [1.82, 2.24) is 14.8 Å². The van der Waals surface area contributed by atoms with Crippen molar-refractivity contribution in [2.45, 2.75) is 52.5 Å². The van der Waals surface area contributed by atoms with Gasteiger partial charge in [0, 0.05) is 12.0 Å². The standard InChI is InChI=1S/C13H21N3O/c1-9(2)16-13(14-8-15-16)7-12(17)11-6-4-5-10(11)3/h8-11H,4-7H2,1-3H3. The topological polar surface area (TPSA) is 47.8 Å². The molecule has 4 heteroatoms. The number of carbonyl (C=O) groups is 1. The Kier molecular flexibility index (Phi) is 3.60. The number of carbonyl (C=O) groups excluding carboxylic acids is 1. The zero-order valence-corrected chi connectivity index (χ0v) is 10.9. The van der Waals surface area contributed by atoms with E-state index in [1.165, 1.54) is 12.8 Å². The Morgan fingerprint density at radius 1 is 1.53 bits per heavy atom. The van der Waals surface area contributed by atoms with E-state index in [9.17, 15) is 4.79 Å². The van der Waals surface area contributed by atoms with Crippen LogP contribution in [0, 0.1) is 11.8 Å². The van der Waals surface area contributed by atoms with Gasteiger partial charge in [-0.05, 0) is 32.6 Å². The smallest absolute Gasteiger partial charge is 0.143 e. The minimum atomic E-state index is 0.243. The van der Waals surface area contributed by atoms with Gasteiger partial charge < -0.3 is 0 Å². The van der Waals surface area contributed by atoms with E-state index in [1.54, 1.807) is 6.33 Å². The van der Waals surface area contributed by atoms with Crippen LogP contribution in [0.5, 0.6) is 0 Å². The molecule has 1 aromatic heterocycles. The maximum atomic E-state index is 12.2. The first-order chi connectivity index (χ1) is 8.09. The van der Waals surface area contributed by atoms with E-state index in [0.717, 1.165) is 12.2 Å². The van der Waals surface area contributed by atoms with Crippen LogP contribution in [0.15, 0.2) is 6.33 Å². The van der Waals surface area contributed by atoms with Gasteiger partial charge in [0.15, 0.2) is 0 Å². The number of Topliss-reactive ketones (excluding diaryl/α,β-unsaturated/α-hetero) is 1. The van der Waals surface area contributed by atoms with Gasteiger partial charge in [-0.1, -0.05) is 13.3 Å². The monoisotopic (exact) mass is 235 g/mol. The highest BCUT2D eigenvalue weighted by Crippen LogP contribution is 2.32. The van der Waals surface area contributed by atoms with Gasteiger partial charge in [-0.25, -0.2) is 9.67 Å². The minimum absolute atomic E-state index is 0.243. The number of aromatic nitrogens is 3. The van der Waals surface area contributed by atoms with Crippen molar-refractivity contribution in [3.05, 3.63) is 12.2 Å². The van der Waals surface area contributed by atoms with E-state index in [2.05, 4.69) is 30.9 Å². The first-order valence-corrected chi connectivity index (χ1v) is 6.50. The highest BCUT2D eigenvalue weighted by Gasteiger charge is 2.30. The second-order valence-corrected chi connectivity index (χ2v) is 5.37. The van der Waals surface area contributed by atoms with Crippen molar-refractivity contribution in [1.29, 1.82) is 0 Å². The molecule has 2 atom stereocenters. The summed E-state index contributed by atoms with van der Waals surface area (Å²) >= 11 is 0. The van der Waals surface area contributed by atoms with Crippen LogP contribution in [0.2, 0.25) is 0 Å². The largest absolute Gasteiger partial charge is 0.299 e. The minimum Gasteiger partial charge on any atom is -0.299 e. The second kappa shape index (κ2) is 4.98. The first-order valence-electron chi connectivity index (χ1n) is 6.50. The molecular weight excluding hydrogens is 214 g/mol. The van der Waals surface area contributed by atoms with E-state index >= 15 is 0 Å². The van der Waals surface area contributed by atoms with Crippen LogP contribution in [0.25, 0.3) is 0 Å². The predicted octanol–water partition coefficient (Wildman–Crippen LogP) is 2.41. The lowest BCUT2D eigenvalue weighted by molar-refractivity contribution is -0.123. The number of hydrogen-bond donors (Lipinski definition) is 0. The average Bonchev–Trinajstić information content (AvgIpc) is 2.86. The van der Waals surface area contributed by atoms with Crippen molar-refractivity contribution >= 4 is 5.78 Å². The van der Waals surface area contributed by atoms with Gasteiger partial charge in [0.1, 0.15) is 17.9 Å². The lowest BCUT2D eigenvalue weighted by Gasteiger charge is -2.14. The maximum absolute atomic E-state index is 12.2. The highest BCUT2D eigenvalue weighted by atomic mass is 16.1. The van der Waals surface area contributed by atoms with Crippen LogP contribution in [-0.4, -0.2) is 20.5 Å². The predicted molar refractivity (Wildman–Crippen MR) is 65.6 cm³/mol. The molecule has 1 aromatic rings. The molecule has 94 valence electrons. The van der Waals surface area contributed by atoms with E-state index in [-0.39, 0.29) is 12.0 Å². The molecule has 4 nitrogen and oxygen atoms in total. The molecule has 0 amide bonds. The molecule has 0 aromatic carbocycles. The van der Waals surface area contributed by atoms with Gasteiger partial charge in [0.2, 0.25) is 0 Å². The van der Waals surface area contributed by atoms with E-state index in [0.29, 0.717) is 18.1 Å². The first kappa shape index (κ1) is 12.3. The molecule has 0 bridgehead atoms. The van der Waals surface area contributed by atoms with Crippen molar-refractivity contribution in [3.63, 3.8) is 0 Å². The molecule has 0 aliphatic heterocycles. The normalized spacial score (nSPS) is 24.5. The zero-order chi connectivity index (χ0) is 12.4. The van der Waals surface area contributed by atoms with Gasteiger partial charge in [0.05, 0.1) is 6.42 Å². The third-order valence-corrected chi connectivity index (χ3v) is 3.74. The highest BCUT2D eigenvalue weighted by molar-refractivity contribution is 5.83. The summed E-state index contributed by atoms with van der Waals surface area (Å²) in [4.78, 5) is 16.4. The van der Waals surface area contributed by atoms with Crippen LogP contribution >= 0.6 is 0 Å². The fourth-order valence-electron chi connectivity index (χ4n) is 2.74. The zero-order valence-electron chi connectivity index (χ0n) is 10.9. The molecule has 1 fully saturated rings. The molecular formula is C13H21N3O. The Morgan fingerprint density at radius 3 is 2.88 bits per heavy atom. The summed E-state index contributed by atoms with van der Waals surface area (Å²) in [6, 6.07) is 0.265. The number of rotatable bonds is 4. The van der Waals surface area contributed by atoms with Crippen LogP contribution in [0.3, 0.4) is 0 Å². The van der Waals surface area contributed by atoms with Crippen LogP contribution in [0.4, 0.5) is 0 Å². The molecule has 2 rings (SSSR count). The van der Waals surface area contributed by atoms with Crippen LogP contribution in [0.1, 0.15) is 51.9 Å². The van der Waals surface area contributed by atoms with Crippen molar-refractivity contribution in [2.24, 2.45) is 11.8 Å². The van der Waals surface area contributed by atoms with E-state index in [4.69, 9.17) is 0 Å². The quantitative estimate of drug-likeness (QED) is 0.805. The molecule has 0 radical (unpaired) electrons. The Hall–Kier alpha value is -1.19. The fourth-order valence-corrected chi connectivity index (χ4v) is 2.74. The van der Waals surface area contributed by atoms with Crippen LogP contribution < -0.4 is 0 Å². The van der Waals surface area contributed by atoms with E-state index < -0.39 is 0 Å². The Balaban J connectivity index is 2.05. The van der Waals surface area contributed by atoms with Crippen molar-refractivity contribution < 1.29 is 4.79 Å². The third-order valence-electron chi connectivity index (χ3n) is 3.74. The van der Waals surface area contributed by atoms with Gasteiger partial charge in [-0.15, -0.1) is 0 Å². The molecule has 0 saturated heterocycles. The molecule has 0 N–H and O–H groups in total. The molecule has 0 spiro atoms. The Labute approximate surface area is 102 Å². The number of nitrogens with zero attached hydrogens (tertiary/aromatic N) is 3. The van der Waals surface area contributed by atoms with Crippen molar-refractivity contribution in [2.75, 3.05) is 0 Å². The summed E-state index contributed by atoms with van der Waals surface area (Å²) in [7, 11) is 0. The van der Waals surface area contributed by atoms with E-state index in [1.807, 2.05) is 4.68 Å². The summed E-state index contributed by atoms with van der Waals surface area (Å²) in [5, 5.41) is 4.17. The van der Waals surface area contributed by atoms with Gasteiger partial charge in [-0.3, -0.25) is 4.79 Å². The SMILES string of the molecule is CC1CCCC1C(=O)Cc1ncnn1C(C)C. The third kappa shape index (κ3) is 2.56. The summed E-state index contributed by atoms with van der Waals surface area (Å²) in [6.07, 6.45) is 5.41. The summed E-state index contributed by atoms with van der Waals surface area (Å²) < 4.78 is 1.84. The lowest BCUT2D eigenvalue weighted by atomic mass is 9.92. The molecule has 1 heterocycles. The van der Waals surface area contributed by atoms with Crippen molar-refractivity contribution in [3.8, 4) is 0 Å². The summed E-state index contributed by atoms with van der Waals surface area (Å²) in [5.74, 6) is 1.93. The van der Waals surface area contributed by atoms with Gasteiger partial charge in [0.25, 0.3) is 0 Å². The molecule has 17 heavy (non-hydrogen) atoms. The average molecular weight is 235 g/mol.